The Balaban J connectivity index is 1.53. The molecule has 186 valence electrons. The zero-order valence-corrected chi connectivity index (χ0v) is 20.3. The minimum Gasteiger partial charge on any atom is -0.375 e. The van der Waals surface area contributed by atoms with Crippen molar-refractivity contribution >= 4 is 15.5 Å². The van der Waals surface area contributed by atoms with Crippen molar-refractivity contribution in [3.8, 4) is 0 Å². The Morgan fingerprint density at radius 3 is 2.24 bits per heavy atom. The van der Waals surface area contributed by atoms with E-state index in [-0.39, 0.29) is 18.6 Å². The molecule has 3 fully saturated rings. The van der Waals surface area contributed by atoms with Gasteiger partial charge in [0.1, 0.15) is 0 Å². The van der Waals surface area contributed by atoms with E-state index in [1.165, 1.54) is 12.1 Å². The normalized spacial score (nSPS) is 25.9. The van der Waals surface area contributed by atoms with Crippen LogP contribution in [0.4, 0.5) is 18.9 Å². The van der Waals surface area contributed by atoms with Crippen molar-refractivity contribution < 1.29 is 26.3 Å². The number of halogens is 3. The van der Waals surface area contributed by atoms with E-state index in [1.54, 1.807) is 0 Å². The molecule has 0 spiro atoms. The smallest absolute Gasteiger partial charge is 0.375 e. The average Bonchev–Trinajstić information content (AvgIpc) is 3.46. The second-order valence-corrected chi connectivity index (χ2v) is 12.1. The van der Waals surface area contributed by atoms with Gasteiger partial charge >= 0.3 is 6.18 Å². The first-order valence-electron chi connectivity index (χ1n) is 12.2. The zero-order chi connectivity index (χ0) is 23.8. The molecule has 3 aliphatic rings. The molecule has 4 rings (SSSR count). The third kappa shape index (κ3) is 5.51. The standard InChI is InChI=1S/C24H35F3N2O3S/c1-17(2)28-11-13-29(14-12-28)18-7-10-23(22(15-18)24(25,26)27)33(30,31)21-9-8-20(16-21)32-19-5-3-4-6-19/h7,10,15,17,19-21H,3-6,8-9,11-14,16H2,1-2H3/t20-,21+/m0/s1. The van der Waals surface area contributed by atoms with E-state index in [0.29, 0.717) is 37.7 Å². The highest BCUT2D eigenvalue weighted by atomic mass is 32.2. The summed E-state index contributed by atoms with van der Waals surface area (Å²) in [6.45, 7) is 6.97. The Labute approximate surface area is 195 Å². The van der Waals surface area contributed by atoms with Gasteiger partial charge in [0.05, 0.1) is 27.9 Å². The first-order chi connectivity index (χ1) is 15.6. The maximum Gasteiger partial charge on any atom is 0.417 e. The van der Waals surface area contributed by atoms with Crippen LogP contribution < -0.4 is 4.90 Å². The van der Waals surface area contributed by atoms with Gasteiger partial charge in [-0.15, -0.1) is 0 Å². The summed E-state index contributed by atoms with van der Waals surface area (Å²) in [4.78, 5) is 3.60. The van der Waals surface area contributed by atoms with Crippen LogP contribution in [-0.2, 0) is 20.8 Å². The lowest BCUT2D eigenvalue weighted by Gasteiger charge is -2.38. The van der Waals surface area contributed by atoms with Gasteiger partial charge in [-0.05, 0) is 64.2 Å². The molecule has 5 nitrogen and oxygen atoms in total. The van der Waals surface area contributed by atoms with Gasteiger partial charge < -0.3 is 9.64 Å². The van der Waals surface area contributed by atoms with Crippen LogP contribution in [0.3, 0.4) is 0 Å². The molecule has 1 heterocycles. The monoisotopic (exact) mass is 488 g/mol. The maximum atomic E-state index is 14.0. The van der Waals surface area contributed by atoms with E-state index in [9.17, 15) is 21.6 Å². The van der Waals surface area contributed by atoms with E-state index in [1.807, 2.05) is 4.90 Å². The van der Waals surface area contributed by atoms with Crippen molar-refractivity contribution in [2.75, 3.05) is 31.1 Å². The van der Waals surface area contributed by atoms with Gasteiger partial charge in [-0.2, -0.15) is 13.2 Å². The molecule has 2 atom stereocenters. The summed E-state index contributed by atoms with van der Waals surface area (Å²) < 4.78 is 74.7. The minimum absolute atomic E-state index is 0.164. The summed E-state index contributed by atoms with van der Waals surface area (Å²) >= 11 is 0. The highest BCUT2D eigenvalue weighted by Crippen LogP contribution is 2.41. The molecule has 1 aromatic carbocycles. The van der Waals surface area contributed by atoms with Crippen molar-refractivity contribution in [3.63, 3.8) is 0 Å². The molecule has 1 aromatic rings. The van der Waals surface area contributed by atoms with Crippen LogP contribution in [0.15, 0.2) is 23.1 Å². The number of piperazine rings is 1. The molecule has 0 aromatic heterocycles. The second kappa shape index (κ2) is 9.74. The topological polar surface area (TPSA) is 49.9 Å². The van der Waals surface area contributed by atoms with Crippen LogP contribution >= 0.6 is 0 Å². The lowest BCUT2D eigenvalue weighted by atomic mass is 10.1. The van der Waals surface area contributed by atoms with Crippen LogP contribution in [0.5, 0.6) is 0 Å². The van der Waals surface area contributed by atoms with Gasteiger partial charge in [0.2, 0.25) is 0 Å². The van der Waals surface area contributed by atoms with E-state index < -0.39 is 31.7 Å². The summed E-state index contributed by atoms with van der Waals surface area (Å²) in [5.41, 5.74) is -0.620. The largest absolute Gasteiger partial charge is 0.417 e. The number of ether oxygens (including phenoxy) is 1. The molecule has 0 N–H and O–H groups in total. The van der Waals surface area contributed by atoms with E-state index in [2.05, 4.69) is 18.7 Å². The van der Waals surface area contributed by atoms with Gasteiger partial charge in [-0.25, -0.2) is 8.42 Å². The van der Waals surface area contributed by atoms with E-state index in [0.717, 1.165) is 44.8 Å². The van der Waals surface area contributed by atoms with Crippen LogP contribution in [0.2, 0.25) is 0 Å². The fourth-order valence-electron chi connectivity index (χ4n) is 5.46. The Hall–Kier alpha value is -1.32. The Morgan fingerprint density at radius 1 is 0.970 bits per heavy atom. The summed E-state index contributed by atoms with van der Waals surface area (Å²) in [6, 6.07) is 4.12. The second-order valence-electron chi connectivity index (χ2n) is 9.94. The molecule has 1 saturated heterocycles. The number of hydrogen-bond acceptors (Lipinski definition) is 5. The number of hydrogen-bond donors (Lipinski definition) is 0. The quantitative estimate of drug-likeness (QED) is 0.571. The molecule has 1 aliphatic heterocycles. The summed E-state index contributed by atoms with van der Waals surface area (Å²) in [6.07, 6.45) is 0.649. The Bertz CT molecular complexity index is 921. The first kappa shape index (κ1) is 24.8. The number of nitrogens with zero attached hydrogens (tertiary/aromatic N) is 2. The molecule has 9 heteroatoms. The highest BCUT2D eigenvalue weighted by molar-refractivity contribution is 7.92. The van der Waals surface area contributed by atoms with Gasteiger partial charge in [0, 0.05) is 37.9 Å². The number of alkyl halides is 3. The number of anilines is 1. The molecular weight excluding hydrogens is 453 g/mol. The van der Waals surface area contributed by atoms with Crippen LogP contribution in [0, 0.1) is 0 Å². The van der Waals surface area contributed by atoms with Crippen molar-refractivity contribution in [1.82, 2.24) is 4.90 Å². The molecule has 0 bridgehead atoms. The lowest BCUT2D eigenvalue weighted by Crippen LogP contribution is -2.49. The predicted octanol–water partition coefficient (Wildman–Crippen LogP) is 4.89. The number of rotatable bonds is 6. The fourth-order valence-corrected chi connectivity index (χ4v) is 7.48. The number of benzene rings is 1. The molecule has 0 unspecified atom stereocenters. The van der Waals surface area contributed by atoms with Gasteiger partial charge in [0.25, 0.3) is 0 Å². The third-order valence-electron chi connectivity index (χ3n) is 7.45. The average molecular weight is 489 g/mol. The molecule has 2 aliphatic carbocycles. The molecule has 33 heavy (non-hydrogen) atoms. The summed E-state index contributed by atoms with van der Waals surface area (Å²) in [5.74, 6) is 0. The first-order valence-corrected chi connectivity index (χ1v) is 13.7. The molecule has 0 amide bonds. The lowest BCUT2D eigenvalue weighted by molar-refractivity contribution is -0.139. The molecule has 0 radical (unpaired) electrons. The van der Waals surface area contributed by atoms with Crippen molar-refractivity contribution in [3.05, 3.63) is 23.8 Å². The SMILES string of the molecule is CC(C)N1CCN(c2ccc(S(=O)(=O)[C@@H]3CC[C@H](OC4CCCC4)C3)c(C(F)(F)F)c2)CC1. The third-order valence-corrected chi connectivity index (χ3v) is 9.72. The Morgan fingerprint density at radius 2 is 1.64 bits per heavy atom. The summed E-state index contributed by atoms with van der Waals surface area (Å²) in [5, 5.41) is -0.828. The van der Waals surface area contributed by atoms with Gasteiger partial charge in [0.15, 0.2) is 9.84 Å². The molecule has 2 saturated carbocycles. The van der Waals surface area contributed by atoms with Gasteiger partial charge in [-0.1, -0.05) is 12.8 Å². The van der Waals surface area contributed by atoms with Crippen LogP contribution in [0.1, 0.15) is 64.4 Å². The molecular formula is C24H35F3N2O3S. The maximum absolute atomic E-state index is 14.0. The van der Waals surface area contributed by atoms with Gasteiger partial charge in [-0.3, -0.25) is 4.90 Å². The van der Waals surface area contributed by atoms with Crippen LogP contribution in [-0.4, -0.2) is 63.0 Å². The van der Waals surface area contributed by atoms with E-state index >= 15 is 0 Å². The van der Waals surface area contributed by atoms with Crippen LogP contribution in [0.25, 0.3) is 0 Å². The minimum atomic E-state index is -4.74. The fraction of sp³-hybridized carbons (Fsp3) is 0.750. The number of sulfone groups is 1. The predicted molar refractivity (Wildman–Crippen MR) is 122 cm³/mol. The van der Waals surface area contributed by atoms with E-state index in [4.69, 9.17) is 4.74 Å². The Kier molecular flexibility index (Phi) is 7.32. The highest BCUT2D eigenvalue weighted by Gasteiger charge is 2.43. The van der Waals surface area contributed by atoms with Crippen molar-refractivity contribution in [1.29, 1.82) is 0 Å². The van der Waals surface area contributed by atoms with Crippen molar-refractivity contribution in [2.24, 2.45) is 0 Å². The summed E-state index contributed by atoms with van der Waals surface area (Å²) in [7, 11) is -4.11. The zero-order valence-electron chi connectivity index (χ0n) is 19.5. The van der Waals surface area contributed by atoms with Crippen molar-refractivity contribution in [2.45, 2.75) is 93.4 Å².